The van der Waals surface area contributed by atoms with Crippen LogP contribution in [0.3, 0.4) is 0 Å². The third-order valence-corrected chi connectivity index (χ3v) is 5.09. The zero-order valence-corrected chi connectivity index (χ0v) is 18.7. The largest absolute Gasteiger partial charge is 0.496 e. The number of aryl methyl sites for hydroxylation is 1. The van der Waals surface area contributed by atoms with E-state index in [0.717, 1.165) is 0 Å². The van der Waals surface area contributed by atoms with E-state index >= 15 is 0 Å². The van der Waals surface area contributed by atoms with Crippen molar-refractivity contribution in [2.24, 2.45) is 0 Å². The number of rotatable bonds is 8. The van der Waals surface area contributed by atoms with E-state index in [-0.39, 0.29) is 30.0 Å². The summed E-state index contributed by atoms with van der Waals surface area (Å²) in [5.41, 5.74) is 2.15. The van der Waals surface area contributed by atoms with Crippen molar-refractivity contribution in [3.63, 3.8) is 0 Å². The fourth-order valence-electron chi connectivity index (χ4n) is 3.68. The summed E-state index contributed by atoms with van der Waals surface area (Å²) < 4.78 is 10.4. The lowest BCUT2D eigenvalue weighted by Gasteiger charge is -2.32. The molecule has 0 saturated carbocycles. The average Bonchev–Trinajstić information content (AvgIpc) is 3.01. The van der Waals surface area contributed by atoms with Gasteiger partial charge in [-0.25, -0.2) is 4.79 Å². The number of benzene rings is 1. The Bertz CT molecular complexity index is 945. The topological polar surface area (TPSA) is 88.7 Å². The van der Waals surface area contributed by atoms with Gasteiger partial charge in [0.2, 0.25) is 0 Å². The molecule has 0 fully saturated rings. The Balaban J connectivity index is 2.43. The molecular weight excluding hydrogens is 384 g/mol. The Morgan fingerprint density at radius 3 is 2.30 bits per heavy atom. The number of para-hydroxylation sites is 1. The van der Waals surface area contributed by atoms with Crippen molar-refractivity contribution in [3.8, 4) is 5.75 Å². The predicted octanol–water partition coefficient (Wildman–Crippen LogP) is 3.94. The van der Waals surface area contributed by atoms with Gasteiger partial charge in [0.05, 0.1) is 25.3 Å². The maximum absolute atomic E-state index is 13.4. The molecule has 7 nitrogen and oxygen atoms in total. The van der Waals surface area contributed by atoms with Crippen LogP contribution >= 0.6 is 0 Å². The molecule has 1 heterocycles. The van der Waals surface area contributed by atoms with Gasteiger partial charge in [-0.05, 0) is 59.2 Å². The number of hydrogen-bond donors (Lipinski definition) is 1. The molecule has 162 valence electrons. The van der Waals surface area contributed by atoms with Crippen LogP contribution in [0.25, 0.3) is 0 Å². The number of hydrogen-bond acceptors (Lipinski definition) is 5. The zero-order chi connectivity index (χ0) is 22.6. The van der Waals surface area contributed by atoms with Gasteiger partial charge in [0, 0.05) is 17.3 Å². The Labute approximate surface area is 177 Å². The predicted molar refractivity (Wildman–Crippen MR) is 114 cm³/mol. The second kappa shape index (κ2) is 9.61. The lowest BCUT2D eigenvalue weighted by Crippen LogP contribution is -2.47. The van der Waals surface area contributed by atoms with Gasteiger partial charge >= 0.3 is 5.97 Å². The van der Waals surface area contributed by atoms with Crippen LogP contribution in [0.5, 0.6) is 5.75 Å². The number of aromatic amines is 1. The van der Waals surface area contributed by atoms with Gasteiger partial charge in [-0.1, -0.05) is 12.1 Å². The maximum Gasteiger partial charge on any atom is 0.355 e. The number of carbonyl (C=O) groups is 3. The van der Waals surface area contributed by atoms with Crippen molar-refractivity contribution >= 4 is 17.7 Å². The average molecular weight is 415 g/mol. The Kier molecular flexibility index (Phi) is 7.43. The molecule has 0 radical (unpaired) electrons. The van der Waals surface area contributed by atoms with E-state index in [9.17, 15) is 14.4 Å². The molecule has 1 N–H and O–H groups in total. The monoisotopic (exact) mass is 414 g/mol. The van der Waals surface area contributed by atoms with Crippen LogP contribution in [-0.2, 0) is 4.74 Å². The molecular formula is C23H30N2O5. The zero-order valence-electron chi connectivity index (χ0n) is 18.7. The van der Waals surface area contributed by atoms with E-state index in [2.05, 4.69) is 4.98 Å². The number of aromatic nitrogens is 1. The Morgan fingerprint density at radius 2 is 1.73 bits per heavy atom. The highest BCUT2D eigenvalue weighted by molar-refractivity contribution is 6.08. The molecule has 0 aliphatic heterocycles. The first kappa shape index (κ1) is 23.2. The summed E-state index contributed by atoms with van der Waals surface area (Å²) in [5.74, 6) is -0.587. The van der Waals surface area contributed by atoms with Crippen LogP contribution in [0.1, 0.15) is 70.2 Å². The minimum atomic E-state index is -0.745. The number of nitrogens with one attached hydrogen (secondary N) is 1. The maximum atomic E-state index is 13.4. The molecule has 1 aromatic carbocycles. The van der Waals surface area contributed by atoms with Crippen molar-refractivity contribution in [1.29, 1.82) is 0 Å². The van der Waals surface area contributed by atoms with E-state index in [1.807, 2.05) is 13.8 Å². The molecule has 0 spiro atoms. The molecule has 0 aliphatic carbocycles. The van der Waals surface area contributed by atoms with Gasteiger partial charge in [0.15, 0.2) is 5.78 Å². The number of Topliss-reactive ketones (excluding diaryl/α,β-unsaturated/α-hetero) is 1. The van der Waals surface area contributed by atoms with E-state index in [0.29, 0.717) is 28.1 Å². The molecule has 7 heteroatoms. The Hall–Kier alpha value is -3.09. The number of carbonyl (C=O) groups excluding carboxylic acids is 3. The summed E-state index contributed by atoms with van der Waals surface area (Å²) in [6.07, 6.45) is 0. The highest BCUT2D eigenvalue weighted by atomic mass is 16.5. The fourth-order valence-corrected chi connectivity index (χ4v) is 3.68. The summed E-state index contributed by atoms with van der Waals surface area (Å²) in [4.78, 5) is 43.4. The summed E-state index contributed by atoms with van der Waals surface area (Å²) in [7, 11) is 1.50. The number of ketones is 1. The number of ether oxygens (including phenoxy) is 2. The molecule has 1 amide bonds. The van der Waals surface area contributed by atoms with Gasteiger partial charge in [-0.2, -0.15) is 0 Å². The van der Waals surface area contributed by atoms with Crippen molar-refractivity contribution in [2.45, 2.75) is 53.6 Å². The summed E-state index contributed by atoms with van der Waals surface area (Å²) in [6.45, 7) is 10.8. The first-order valence-electron chi connectivity index (χ1n) is 10.0. The highest BCUT2D eigenvalue weighted by Gasteiger charge is 2.33. The van der Waals surface area contributed by atoms with E-state index in [4.69, 9.17) is 9.47 Å². The summed E-state index contributed by atoms with van der Waals surface area (Å²) in [6, 6.07) is 5.96. The smallest absolute Gasteiger partial charge is 0.355 e. The first-order valence-corrected chi connectivity index (χ1v) is 10.0. The van der Waals surface area contributed by atoms with E-state index in [1.165, 1.54) is 12.0 Å². The molecule has 2 rings (SSSR count). The normalized spacial score (nSPS) is 11.9. The number of H-pyrrole nitrogens is 1. The van der Waals surface area contributed by atoms with Crippen LogP contribution in [0, 0.1) is 13.8 Å². The van der Waals surface area contributed by atoms with Crippen LogP contribution in [0.4, 0.5) is 0 Å². The molecule has 1 atom stereocenters. The van der Waals surface area contributed by atoms with E-state index < -0.39 is 12.0 Å². The lowest BCUT2D eigenvalue weighted by atomic mass is 9.98. The first-order chi connectivity index (χ1) is 14.1. The highest BCUT2D eigenvalue weighted by Crippen LogP contribution is 2.26. The number of esters is 1. The summed E-state index contributed by atoms with van der Waals surface area (Å²) in [5, 5.41) is 0. The van der Waals surface area contributed by atoms with Crippen molar-refractivity contribution in [1.82, 2.24) is 9.88 Å². The lowest BCUT2D eigenvalue weighted by molar-refractivity contribution is 0.0518. The molecule has 2 aromatic rings. The second-order valence-electron chi connectivity index (χ2n) is 7.39. The molecule has 0 saturated heterocycles. The molecule has 30 heavy (non-hydrogen) atoms. The fraction of sp³-hybridized carbons (Fsp3) is 0.435. The Morgan fingerprint density at radius 1 is 1.10 bits per heavy atom. The van der Waals surface area contributed by atoms with Crippen molar-refractivity contribution in [2.75, 3.05) is 13.7 Å². The van der Waals surface area contributed by atoms with Gasteiger partial charge in [0.25, 0.3) is 5.91 Å². The van der Waals surface area contributed by atoms with Gasteiger partial charge in [0.1, 0.15) is 11.4 Å². The van der Waals surface area contributed by atoms with E-state index in [1.54, 1.807) is 52.0 Å². The van der Waals surface area contributed by atoms with Gasteiger partial charge < -0.3 is 19.4 Å². The minimum Gasteiger partial charge on any atom is -0.496 e. The van der Waals surface area contributed by atoms with Crippen molar-refractivity contribution < 1.29 is 23.9 Å². The standard InChI is InChI=1S/C23H30N2O5/c1-8-30-23(28)20-14(4)19(15(5)24-20)21(26)16(6)25(13(2)3)22(27)17-11-9-10-12-18(17)29-7/h9-13,16,24H,8H2,1-7H3/t16-/m1/s1. The SMILES string of the molecule is CCOC(=O)c1[nH]c(C)c(C(=O)[C@@H](C)N(C(=O)c2ccccc2OC)C(C)C)c1C. The third-order valence-electron chi connectivity index (χ3n) is 5.09. The van der Waals surface area contributed by atoms with Crippen LogP contribution in [0.15, 0.2) is 24.3 Å². The van der Waals surface area contributed by atoms with Crippen LogP contribution < -0.4 is 4.74 Å². The van der Waals surface area contributed by atoms with Gasteiger partial charge in [-0.3, -0.25) is 9.59 Å². The van der Waals surface area contributed by atoms with Crippen LogP contribution in [-0.4, -0.2) is 53.3 Å². The van der Waals surface area contributed by atoms with Crippen molar-refractivity contribution in [3.05, 3.63) is 52.3 Å². The molecule has 0 unspecified atom stereocenters. The number of methoxy groups -OCH3 is 1. The summed E-state index contributed by atoms with van der Waals surface area (Å²) >= 11 is 0. The second-order valence-corrected chi connectivity index (χ2v) is 7.39. The molecule has 0 bridgehead atoms. The quantitative estimate of drug-likeness (QED) is 0.522. The molecule has 1 aromatic heterocycles. The number of amides is 1. The third kappa shape index (κ3) is 4.40. The number of nitrogens with zero attached hydrogens (tertiary/aromatic N) is 1. The van der Waals surface area contributed by atoms with Gasteiger partial charge in [-0.15, -0.1) is 0 Å². The van der Waals surface area contributed by atoms with Crippen LogP contribution in [0.2, 0.25) is 0 Å². The minimum absolute atomic E-state index is 0.231. The molecule has 0 aliphatic rings.